The van der Waals surface area contributed by atoms with Gasteiger partial charge >= 0.3 is 11.9 Å². The molecule has 2 heterocycles. The third-order valence-electron chi connectivity index (χ3n) is 6.51. The number of rotatable bonds is 3. The first-order valence-electron chi connectivity index (χ1n) is 7.33. The highest BCUT2D eigenvalue weighted by atomic mass is 16.6. The van der Waals surface area contributed by atoms with Crippen LogP contribution >= 0.6 is 0 Å². The van der Waals surface area contributed by atoms with E-state index in [1.807, 2.05) is 13.0 Å². The summed E-state index contributed by atoms with van der Waals surface area (Å²) in [5.74, 6) is -0.110. The van der Waals surface area contributed by atoms with Crippen LogP contribution in [0.5, 0.6) is 0 Å². The molecular weight excluding hydrogens is 256 g/mol. The minimum Gasteiger partial charge on any atom is -0.464 e. The Morgan fingerprint density at radius 3 is 2.75 bits per heavy atom. The number of carbonyl (C=O) groups is 2. The molecule has 1 saturated carbocycles. The fourth-order valence-corrected chi connectivity index (χ4v) is 4.98. The molecule has 20 heavy (non-hydrogen) atoms. The van der Waals surface area contributed by atoms with Gasteiger partial charge in [-0.2, -0.15) is 0 Å². The van der Waals surface area contributed by atoms with Crippen LogP contribution in [0.25, 0.3) is 0 Å². The molecule has 0 unspecified atom stereocenters. The number of hydrogen-bond acceptors (Lipinski definition) is 4. The zero-order valence-electron chi connectivity index (χ0n) is 12.4. The summed E-state index contributed by atoms with van der Waals surface area (Å²) >= 11 is 0. The molecule has 2 aliphatic heterocycles. The van der Waals surface area contributed by atoms with E-state index in [4.69, 9.17) is 9.47 Å². The first kappa shape index (κ1) is 13.7. The highest BCUT2D eigenvalue weighted by Gasteiger charge is 2.80. The Labute approximate surface area is 119 Å². The van der Waals surface area contributed by atoms with Crippen LogP contribution in [0.15, 0.2) is 12.7 Å². The molecule has 3 aliphatic rings. The summed E-state index contributed by atoms with van der Waals surface area (Å²) in [4.78, 5) is 24.3. The van der Waals surface area contributed by atoms with Crippen LogP contribution in [0, 0.1) is 22.7 Å². The Bertz CT molecular complexity index is 499. The molecule has 2 saturated heterocycles. The van der Waals surface area contributed by atoms with Crippen LogP contribution < -0.4 is 0 Å². The molecule has 0 aromatic rings. The van der Waals surface area contributed by atoms with Crippen molar-refractivity contribution >= 4 is 11.9 Å². The van der Waals surface area contributed by atoms with E-state index in [1.54, 1.807) is 0 Å². The third kappa shape index (κ3) is 1.19. The molecule has 1 aliphatic carbocycles. The Morgan fingerprint density at radius 2 is 2.10 bits per heavy atom. The minimum atomic E-state index is -0.585. The molecule has 0 N–H and O–H groups in total. The van der Waals surface area contributed by atoms with E-state index >= 15 is 0 Å². The SMILES string of the molecule is C=CCC[C@@]12OC(=O)C[C@@H]1[C@@H](C)[C@@]1(C)C(=O)OC[C@@]21C. The van der Waals surface area contributed by atoms with Crippen molar-refractivity contribution in [2.45, 2.75) is 45.6 Å². The number of hydrogen-bond donors (Lipinski definition) is 0. The topological polar surface area (TPSA) is 52.6 Å². The molecule has 0 aromatic heterocycles. The van der Waals surface area contributed by atoms with E-state index in [0.29, 0.717) is 13.0 Å². The summed E-state index contributed by atoms with van der Waals surface area (Å²) in [6, 6.07) is 0. The summed E-state index contributed by atoms with van der Waals surface area (Å²) in [6.07, 6.45) is 3.76. The lowest BCUT2D eigenvalue weighted by atomic mass is 9.62. The Morgan fingerprint density at radius 1 is 1.40 bits per heavy atom. The van der Waals surface area contributed by atoms with Crippen molar-refractivity contribution in [1.29, 1.82) is 0 Å². The number of ether oxygens (including phenoxy) is 2. The van der Waals surface area contributed by atoms with Crippen molar-refractivity contribution in [3.05, 3.63) is 12.7 Å². The van der Waals surface area contributed by atoms with Crippen LogP contribution in [0.3, 0.4) is 0 Å². The maximum atomic E-state index is 12.3. The van der Waals surface area contributed by atoms with Crippen molar-refractivity contribution in [1.82, 2.24) is 0 Å². The van der Waals surface area contributed by atoms with Crippen LogP contribution in [0.1, 0.15) is 40.0 Å². The van der Waals surface area contributed by atoms with Gasteiger partial charge in [-0.05, 0) is 25.7 Å². The number of esters is 2. The van der Waals surface area contributed by atoms with Crippen LogP contribution in [-0.2, 0) is 19.1 Å². The van der Waals surface area contributed by atoms with Gasteiger partial charge in [-0.3, -0.25) is 9.59 Å². The Hall–Kier alpha value is -1.32. The minimum absolute atomic E-state index is 0.0822. The molecular formula is C16H22O4. The fraction of sp³-hybridized carbons (Fsp3) is 0.750. The summed E-state index contributed by atoms with van der Waals surface area (Å²) in [7, 11) is 0. The number of fused-ring (bicyclic) bond motifs is 3. The molecule has 110 valence electrons. The summed E-state index contributed by atoms with van der Waals surface area (Å²) in [5.41, 5.74) is -1.60. The standard InChI is InChI=1S/C16H22O4/c1-5-6-7-16-11(8-12(17)20-16)10(2)15(4)13(18)19-9-14(15,16)3/h5,10-11H,1,6-9H2,2-4H3/t10-,11-,14-,15+,16-/m1/s1. The lowest BCUT2D eigenvalue weighted by Gasteiger charge is -2.42. The monoisotopic (exact) mass is 278 g/mol. The van der Waals surface area contributed by atoms with Gasteiger partial charge in [0.1, 0.15) is 12.2 Å². The van der Waals surface area contributed by atoms with Gasteiger partial charge in [-0.25, -0.2) is 0 Å². The highest BCUT2D eigenvalue weighted by molar-refractivity contribution is 5.83. The average molecular weight is 278 g/mol. The summed E-state index contributed by atoms with van der Waals surface area (Å²) in [5, 5.41) is 0. The third-order valence-corrected chi connectivity index (χ3v) is 6.51. The average Bonchev–Trinajstić information content (AvgIpc) is 2.91. The van der Waals surface area contributed by atoms with E-state index in [0.717, 1.165) is 12.8 Å². The van der Waals surface area contributed by atoms with Gasteiger partial charge < -0.3 is 9.47 Å². The van der Waals surface area contributed by atoms with E-state index in [2.05, 4.69) is 20.4 Å². The molecule has 0 aromatic carbocycles. The van der Waals surface area contributed by atoms with Gasteiger partial charge in [0.05, 0.1) is 17.3 Å². The quantitative estimate of drug-likeness (QED) is 0.588. The molecule has 5 atom stereocenters. The molecule has 3 rings (SSSR count). The maximum Gasteiger partial charge on any atom is 0.312 e. The van der Waals surface area contributed by atoms with Crippen molar-refractivity contribution in [2.75, 3.05) is 6.61 Å². The van der Waals surface area contributed by atoms with Gasteiger partial charge in [0.2, 0.25) is 0 Å². The predicted octanol–water partition coefficient (Wildman–Crippen LogP) is 2.47. The predicted molar refractivity (Wildman–Crippen MR) is 72.7 cm³/mol. The van der Waals surface area contributed by atoms with Gasteiger partial charge in [0.25, 0.3) is 0 Å². The zero-order valence-corrected chi connectivity index (χ0v) is 12.4. The second-order valence-corrected chi connectivity index (χ2v) is 6.90. The van der Waals surface area contributed by atoms with E-state index in [9.17, 15) is 9.59 Å². The second kappa shape index (κ2) is 3.86. The molecule has 0 amide bonds. The first-order chi connectivity index (χ1) is 9.33. The number of cyclic esters (lactones) is 1. The fourth-order valence-electron chi connectivity index (χ4n) is 4.98. The van der Waals surface area contributed by atoms with Gasteiger partial charge in [0.15, 0.2) is 0 Å². The van der Waals surface area contributed by atoms with Gasteiger partial charge in [-0.15, -0.1) is 6.58 Å². The molecule has 0 radical (unpaired) electrons. The van der Waals surface area contributed by atoms with E-state index in [1.165, 1.54) is 0 Å². The summed E-state index contributed by atoms with van der Waals surface area (Å²) in [6.45, 7) is 10.2. The first-order valence-corrected chi connectivity index (χ1v) is 7.33. The van der Waals surface area contributed by atoms with Crippen LogP contribution in [0.4, 0.5) is 0 Å². The molecule has 4 heteroatoms. The molecule has 0 bridgehead atoms. The van der Waals surface area contributed by atoms with E-state index < -0.39 is 16.4 Å². The van der Waals surface area contributed by atoms with Crippen molar-refractivity contribution in [3.8, 4) is 0 Å². The molecule has 0 spiro atoms. The lowest BCUT2D eigenvalue weighted by molar-refractivity contribution is -0.166. The van der Waals surface area contributed by atoms with E-state index in [-0.39, 0.29) is 23.8 Å². The van der Waals surface area contributed by atoms with Crippen molar-refractivity contribution in [3.63, 3.8) is 0 Å². The normalized spacial score (nSPS) is 49.5. The van der Waals surface area contributed by atoms with Gasteiger partial charge in [0, 0.05) is 5.92 Å². The second-order valence-electron chi connectivity index (χ2n) is 6.90. The lowest BCUT2D eigenvalue weighted by Crippen LogP contribution is -2.51. The molecule has 3 fully saturated rings. The van der Waals surface area contributed by atoms with Crippen LogP contribution in [-0.4, -0.2) is 24.1 Å². The Kier molecular flexibility index (Phi) is 2.64. The van der Waals surface area contributed by atoms with Crippen molar-refractivity contribution in [2.24, 2.45) is 22.7 Å². The maximum absolute atomic E-state index is 12.3. The number of carbonyl (C=O) groups excluding carboxylic acids is 2. The molecule has 4 nitrogen and oxygen atoms in total. The number of allylic oxidation sites excluding steroid dienone is 1. The summed E-state index contributed by atoms with van der Waals surface area (Å²) < 4.78 is 11.2. The van der Waals surface area contributed by atoms with Gasteiger partial charge in [-0.1, -0.05) is 19.9 Å². The van der Waals surface area contributed by atoms with Crippen LogP contribution in [0.2, 0.25) is 0 Å². The van der Waals surface area contributed by atoms with Crippen molar-refractivity contribution < 1.29 is 19.1 Å². The largest absolute Gasteiger partial charge is 0.464 e. The highest BCUT2D eigenvalue weighted by Crippen LogP contribution is 2.71. The zero-order chi connectivity index (χ0) is 14.8. The smallest absolute Gasteiger partial charge is 0.312 e. The Balaban J connectivity index is 2.14.